The summed E-state index contributed by atoms with van der Waals surface area (Å²) < 4.78 is 12.8. The maximum absolute atomic E-state index is 5.71. The van der Waals surface area contributed by atoms with Crippen LogP contribution in [-0.2, 0) is 6.61 Å². The fourth-order valence-corrected chi connectivity index (χ4v) is 1.90. The van der Waals surface area contributed by atoms with Crippen LogP contribution in [0.2, 0.25) is 0 Å². The molecule has 3 rings (SSSR count). The van der Waals surface area contributed by atoms with Crippen molar-refractivity contribution in [3.05, 3.63) is 60.6 Å². The first kappa shape index (κ1) is 11.6. The van der Waals surface area contributed by atoms with Crippen molar-refractivity contribution in [3.8, 4) is 11.5 Å². The van der Waals surface area contributed by atoms with E-state index < -0.39 is 0 Å². The first-order valence-corrected chi connectivity index (χ1v) is 6.04. The quantitative estimate of drug-likeness (QED) is 0.718. The van der Waals surface area contributed by atoms with Gasteiger partial charge in [-0.15, -0.1) is 0 Å². The Hall–Kier alpha value is -2.49. The molecule has 0 saturated carbocycles. The number of aromatic nitrogens is 2. The summed E-state index contributed by atoms with van der Waals surface area (Å²) in [6.07, 6.45) is 3.94. The van der Waals surface area contributed by atoms with Gasteiger partial charge in [-0.3, -0.25) is 0 Å². The van der Waals surface area contributed by atoms with Crippen LogP contribution in [-0.4, -0.2) is 16.5 Å². The number of hydrogen-bond donors (Lipinski definition) is 0. The molecule has 4 nitrogen and oxygen atoms in total. The second-order valence-corrected chi connectivity index (χ2v) is 4.17. The Bertz CT molecular complexity index is 658. The Morgan fingerprint density at radius 1 is 1.11 bits per heavy atom. The molecule has 0 atom stereocenters. The van der Waals surface area contributed by atoms with Gasteiger partial charge in [0.05, 0.1) is 12.8 Å². The molecule has 0 fully saturated rings. The molecule has 0 amide bonds. The van der Waals surface area contributed by atoms with Crippen LogP contribution in [0.4, 0.5) is 0 Å². The number of benzene rings is 1. The van der Waals surface area contributed by atoms with Crippen molar-refractivity contribution < 1.29 is 9.47 Å². The zero-order valence-electron chi connectivity index (χ0n) is 10.6. The maximum atomic E-state index is 5.71. The molecule has 0 unspecified atom stereocenters. The Kier molecular flexibility index (Phi) is 3.06. The molecule has 0 radical (unpaired) electrons. The molecular weight excluding hydrogens is 240 g/mol. The summed E-state index contributed by atoms with van der Waals surface area (Å²) in [6.45, 7) is 0.439. The molecule has 3 aromatic rings. The SMILES string of the molecule is COc1cccc(OCc2cn3ccccc3n2)c1. The lowest BCUT2D eigenvalue weighted by Gasteiger charge is -2.05. The second-order valence-electron chi connectivity index (χ2n) is 4.17. The van der Waals surface area contributed by atoms with E-state index in [0.717, 1.165) is 22.8 Å². The minimum atomic E-state index is 0.439. The average molecular weight is 254 g/mol. The predicted octanol–water partition coefficient (Wildman–Crippen LogP) is 2.92. The highest BCUT2D eigenvalue weighted by Gasteiger charge is 2.02. The van der Waals surface area contributed by atoms with E-state index in [9.17, 15) is 0 Å². The van der Waals surface area contributed by atoms with Gasteiger partial charge in [-0.25, -0.2) is 4.98 Å². The highest BCUT2D eigenvalue weighted by Crippen LogP contribution is 2.19. The Labute approximate surface area is 111 Å². The van der Waals surface area contributed by atoms with Crippen molar-refractivity contribution >= 4 is 5.65 Å². The fraction of sp³-hybridized carbons (Fsp3) is 0.133. The van der Waals surface area contributed by atoms with Crippen LogP contribution in [0.5, 0.6) is 11.5 Å². The molecule has 96 valence electrons. The zero-order chi connectivity index (χ0) is 13.1. The number of fused-ring (bicyclic) bond motifs is 1. The third kappa shape index (κ3) is 2.52. The van der Waals surface area contributed by atoms with E-state index in [4.69, 9.17) is 9.47 Å². The number of pyridine rings is 1. The number of imidazole rings is 1. The van der Waals surface area contributed by atoms with Crippen LogP contribution >= 0.6 is 0 Å². The molecule has 2 aromatic heterocycles. The summed E-state index contributed by atoms with van der Waals surface area (Å²) in [4.78, 5) is 4.48. The Balaban J connectivity index is 1.74. The van der Waals surface area contributed by atoms with E-state index >= 15 is 0 Å². The molecule has 4 heteroatoms. The highest BCUT2D eigenvalue weighted by molar-refractivity contribution is 5.39. The molecular formula is C15H14N2O2. The Morgan fingerprint density at radius 2 is 2.00 bits per heavy atom. The van der Waals surface area contributed by atoms with Gasteiger partial charge in [0, 0.05) is 18.5 Å². The van der Waals surface area contributed by atoms with E-state index in [1.54, 1.807) is 7.11 Å². The lowest BCUT2D eigenvalue weighted by molar-refractivity contribution is 0.299. The molecule has 19 heavy (non-hydrogen) atoms. The normalized spacial score (nSPS) is 10.6. The fourth-order valence-electron chi connectivity index (χ4n) is 1.90. The van der Waals surface area contributed by atoms with Crippen molar-refractivity contribution in [2.75, 3.05) is 7.11 Å². The lowest BCUT2D eigenvalue weighted by atomic mass is 10.3. The highest BCUT2D eigenvalue weighted by atomic mass is 16.5. The van der Waals surface area contributed by atoms with E-state index in [2.05, 4.69) is 4.98 Å². The van der Waals surface area contributed by atoms with Crippen LogP contribution < -0.4 is 9.47 Å². The summed E-state index contributed by atoms with van der Waals surface area (Å²) in [5, 5.41) is 0. The number of rotatable bonds is 4. The van der Waals surface area contributed by atoms with Crippen LogP contribution in [0.3, 0.4) is 0 Å². The summed E-state index contributed by atoms with van der Waals surface area (Å²) in [7, 11) is 1.64. The number of nitrogens with zero attached hydrogens (tertiary/aromatic N) is 2. The van der Waals surface area contributed by atoms with Crippen LogP contribution in [0.1, 0.15) is 5.69 Å². The monoisotopic (exact) mass is 254 g/mol. The topological polar surface area (TPSA) is 35.8 Å². The van der Waals surface area contributed by atoms with Gasteiger partial charge in [-0.1, -0.05) is 12.1 Å². The largest absolute Gasteiger partial charge is 0.497 e. The molecule has 0 N–H and O–H groups in total. The van der Waals surface area contributed by atoms with Gasteiger partial charge >= 0.3 is 0 Å². The predicted molar refractivity (Wildman–Crippen MR) is 72.5 cm³/mol. The Morgan fingerprint density at radius 3 is 2.84 bits per heavy atom. The zero-order valence-corrected chi connectivity index (χ0v) is 10.6. The maximum Gasteiger partial charge on any atom is 0.137 e. The summed E-state index contributed by atoms with van der Waals surface area (Å²) in [5.74, 6) is 1.56. The molecule has 0 aliphatic heterocycles. The molecule has 1 aromatic carbocycles. The van der Waals surface area contributed by atoms with Crippen molar-refractivity contribution in [2.45, 2.75) is 6.61 Å². The van der Waals surface area contributed by atoms with Crippen molar-refractivity contribution in [1.82, 2.24) is 9.38 Å². The summed E-state index contributed by atoms with van der Waals surface area (Å²) in [6, 6.07) is 13.5. The average Bonchev–Trinajstić information content (AvgIpc) is 2.88. The third-order valence-corrected chi connectivity index (χ3v) is 2.84. The first-order chi connectivity index (χ1) is 9.35. The summed E-state index contributed by atoms with van der Waals surface area (Å²) >= 11 is 0. The number of hydrogen-bond acceptors (Lipinski definition) is 3. The second kappa shape index (κ2) is 5.02. The van der Waals surface area contributed by atoms with E-state index in [-0.39, 0.29) is 0 Å². The molecule has 2 heterocycles. The minimum Gasteiger partial charge on any atom is -0.497 e. The van der Waals surface area contributed by atoms with Gasteiger partial charge in [0.25, 0.3) is 0 Å². The standard InChI is InChI=1S/C15H14N2O2/c1-18-13-5-4-6-14(9-13)19-11-12-10-17-8-3-2-7-15(17)16-12/h2-10H,11H2,1H3. The lowest BCUT2D eigenvalue weighted by Crippen LogP contribution is -1.95. The van der Waals surface area contributed by atoms with Crippen LogP contribution in [0.15, 0.2) is 54.9 Å². The van der Waals surface area contributed by atoms with E-state index in [0.29, 0.717) is 6.61 Å². The van der Waals surface area contributed by atoms with Gasteiger partial charge in [0.1, 0.15) is 23.8 Å². The van der Waals surface area contributed by atoms with Crippen LogP contribution in [0.25, 0.3) is 5.65 Å². The smallest absolute Gasteiger partial charge is 0.137 e. The van der Waals surface area contributed by atoms with Gasteiger partial charge < -0.3 is 13.9 Å². The van der Waals surface area contributed by atoms with E-state index in [1.807, 2.05) is 59.3 Å². The molecule has 0 saturated heterocycles. The molecule has 0 aliphatic carbocycles. The van der Waals surface area contributed by atoms with Gasteiger partial charge in [0.2, 0.25) is 0 Å². The van der Waals surface area contributed by atoms with Gasteiger partial charge in [-0.05, 0) is 24.3 Å². The number of methoxy groups -OCH3 is 1. The minimum absolute atomic E-state index is 0.439. The van der Waals surface area contributed by atoms with Crippen molar-refractivity contribution in [2.24, 2.45) is 0 Å². The first-order valence-electron chi connectivity index (χ1n) is 6.04. The third-order valence-electron chi connectivity index (χ3n) is 2.84. The van der Waals surface area contributed by atoms with Gasteiger partial charge in [-0.2, -0.15) is 0 Å². The molecule has 0 bridgehead atoms. The van der Waals surface area contributed by atoms with Crippen molar-refractivity contribution in [3.63, 3.8) is 0 Å². The molecule has 0 aliphatic rings. The van der Waals surface area contributed by atoms with E-state index in [1.165, 1.54) is 0 Å². The van der Waals surface area contributed by atoms with Gasteiger partial charge in [0.15, 0.2) is 0 Å². The number of ether oxygens (including phenoxy) is 2. The summed E-state index contributed by atoms with van der Waals surface area (Å²) in [5.41, 5.74) is 1.82. The van der Waals surface area contributed by atoms with Crippen LogP contribution in [0, 0.1) is 0 Å². The van der Waals surface area contributed by atoms with Crippen molar-refractivity contribution in [1.29, 1.82) is 0 Å². The molecule has 0 spiro atoms.